The Morgan fingerprint density at radius 2 is 2.41 bits per heavy atom. The standard InChI is InChI=1S/C11H16N4OS/c1-2-4-15-5-3-13-10(15)7-12-6-9-8-17-11(16)14-9/h3,5,8,12H,2,4,6-7H2,1H3,(H,14,16). The molecule has 0 saturated carbocycles. The minimum absolute atomic E-state index is 0.00529. The first kappa shape index (κ1) is 12.1. The Morgan fingerprint density at radius 1 is 1.53 bits per heavy atom. The molecule has 0 aliphatic heterocycles. The van der Waals surface area contributed by atoms with Crippen molar-refractivity contribution in [1.82, 2.24) is 19.9 Å². The van der Waals surface area contributed by atoms with E-state index in [1.807, 2.05) is 17.8 Å². The quantitative estimate of drug-likeness (QED) is 0.815. The molecule has 0 aromatic carbocycles. The Balaban J connectivity index is 1.85. The average Bonchev–Trinajstić information content (AvgIpc) is 2.90. The lowest BCUT2D eigenvalue weighted by molar-refractivity contribution is 0.585. The molecule has 0 unspecified atom stereocenters. The smallest absolute Gasteiger partial charge is 0.304 e. The number of rotatable bonds is 6. The summed E-state index contributed by atoms with van der Waals surface area (Å²) in [7, 11) is 0. The Morgan fingerprint density at radius 3 is 3.12 bits per heavy atom. The summed E-state index contributed by atoms with van der Waals surface area (Å²) in [4.78, 5) is 18.0. The fraction of sp³-hybridized carbons (Fsp3) is 0.455. The topological polar surface area (TPSA) is 62.7 Å². The van der Waals surface area contributed by atoms with Gasteiger partial charge < -0.3 is 14.9 Å². The van der Waals surface area contributed by atoms with Crippen molar-refractivity contribution in [3.63, 3.8) is 0 Å². The van der Waals surface area contributed by atoms with Gasteiger partial charge in [-0.15, -0.1) is 0 Å². The summed E-state index contributed by atoms with van der Waals surface area (Å²) < 4.78 is 2.14. The number of imidazole rings is 1. The van der Waals surface area contributed by atoms with Crippen molar-refractivity contribution < 1.29 is 0 Å². The molecule has 92 valence electrons. The summed E-state index contributed by atoms with van der Waals surface area (Å²) in [5.41, 5.74) is 0.925. The van der Waals surface area contributed by atoms with Gasteiger partial charge >= 0.3 is 4.87 Å². The zero-order valence-electron chi connectivity index (χ0n) is 9.77. The summed E-state index contributed by atoms with van der Waals surface area (Å²) in [5.74, 6) is 1.03. The van der Waals surface area contributed by atoms with E-state index in [1.165, 1.54) is 11.3 Å². The number of nitrogens with one attached hydrogen (secondary N) is 2. The van der Waals surface area contributed by atoms with E-state index >= 15 is 0 Å². The number of thiazole rings is 1. The van der Waals surface area contributed by atoms with Crippen LogP contribution < -0.4 is 10.2 Å². The van der Waals surface area contributed by atoms with Crippen LogP contribution in [0.25, 0.3) is 0 Å². The lowest BCUT2D eigenvalue weighted by Gasteiger charge is -2.06. The molecule has 2 aromatic heterocycles. The second kappa shape index (κ2) is 5.79. The van der Waals surface area contributed by atoms with Gasteiger partial charge in [-0.3, -0.25) is 4.79 Å². The summed E-state index contributed by atoms with van der Waals surface area (Å²) in [6.45, 7) is 4.52. The second-order valence-electron chi connectivity index (χ2n) is 3.81. The zero-order chi connectivity index (χ0) is 12.1. The highest BCUT2D eigenvalue weighted by molar-refractivity contribution is 7.07. The molecule has 0 aliphatic carbocycles. The van der Waals surface area contributed by atoms with E-state index in [0.717, 1.165) is 24.5 Å². The Kier molecular flexibility index (Phi) is 4.11. The van der Waals surface area contributed by atoms with Gasteiger partial charge in [0.15, 0.2) is 0 Å². The number of hydrogen-bond acceptors (Lipinski definition) is 4. The van der Waals surface area contributed by atoms with Crippen molar-refractivity contribution in [1.29, 1.82) is 0 Å². The van der Waals surface area contributed by atoms with Crippen LogP contribution in [0.15, 0.2) is 22.6 Å². The molecule has 0 spiro atoms. The first-order chi connectivity index (χ1) is 8.29. The number of aromatic nitrogens is 3. The third-order valence-corrected chi connectivity index (χ3v) is 3.15. The van der Waals surface area contributed by atoms with Crippen LogP contribution in [0.5, 0.6) is 0 Å². The molecule has 2 heterocycles. The van der Waals surface area contributed by atoms with Gasteiger partial charge in [0.1, 0.15) is 5.82 Å². The molecule has 17 heavy (non-hydrogen) atoms. The molecule has 0 radical (unpaired) electrons. The van der Waals surface area contributed by atoms with Gasteiger partial charge in [-0.1, -0.05) is 18.3 Å². The van der Waals surface area contributed by atoms with Crippen molar-refractivity contribution in [3.05, 3.63) is 39.0 Å². The molecule has 2 N–H and O–H groups in total. The molecule has 2 aromatic rings. The van der Waals surface area contributed by atoms with Crippen molar-refractivity contribution in [2.75, 3.05) is 0 Å². The van der Waals surface area contributed by atoms with Crippen LogP contribution in [-0.2, 0) is 19.6 Å². The largest absolute Gasteiger partial charge is 0.334 e. The van der Waals surface area contributed by atoms with E-state index in [4.69, 9.17) is 0 Å². The van der Waals surface area contributed by atoms with Gasteiger partial charge in [-0.2, -0.15) is 0 Å². The predicted octanol–water partition coefficient (Wildman–Crippen LogP) is 1.33. The van der Waals surface area contributed by atoms with Crippen LogP contribution in [0, 0.1) is 0 Å². The predicted molar refractivity (Wildman–Crippen MR) is 68.0 cm³/mol. The molecule has 2 rings (SSSR count). The van der Waals surface area contributed by atoms with Crippen molar-refractivity contribution >= 4 is 11.3 Å². The second-order valence-corrected chi connectivity index (χ2v) is 4.66. The molecule has 0 saturated heterocycles. The van der Waals surface area contributed by atoms with Crippen molar-refractivity contribution in [3.8, 4) is 0 Å². The third kappa shape index (κ3) is 3.28. The molecule has 5 nitrogen and oxygen atoms in total. The highest BCUT2D eigenvalue weighted by Crippen LogP contribution is 2.00. The van der Waals surface area contributed by atoms with Crippen LogP contribution in [0.4, 0.5) is 0 Å². The van der Waals surface area contributed by atoms with Gasteiger partial charge in [-0.05, 0) is 6.42 Å². The minimum atomic E-state index is -0.00529. The number of H-pyrrole nitrogens is 1. The van der Waals surface area contributed by atoms with E-state index < -0.39 is 0 Å². The van der Waals surface area contributed by atoms with E-state index in [2.05, 4.69) is 26.8 Å². The highest BCUT2D eigenvalue weighted by atomic mass is 32.1. The van der Waals surface area contributed by atoms with Crippen LogP contribution in [-0.4, -0.2) is 14.5 Å². The fourth-order valence-corrected chi connectivity index (χ4v) is 2.24. The molecule has 0 atom stereocenters. The fourth-order valence-electron chi connectivity index (χ4n) is 1.66. The highest BCUT2D eigenvalue weighted by Gasteiger charge is 2.02. The van der Waals surface area contributed by atoms with E-state index in [1.54, 1.807) is 0 Å². The first-order valence-corrected chi connectivity index (χ1v) is 6.55. The minimum Gasteiger partial charge on any atom is -0.334 e. The van der Waals surface area contributed by atoms with Crippen LogP contribution >= 0.6 is 11.3 Å². The number of aryl methyl sites for hydroxylation is 1. The number of aromatic amines is 1. The Labute approximate surface area is 104 Å². The lowest BCUT2D eigenvalue weighted by Crippen LogP contribution is -2.17. The first-order valence-electron chi connectivity index (χ1n) is 5.67. The van der Waals surface area contributed by atoms with Gasteiger partial charge in [0.05, 0.1) is 6.54 Å². The average molecular weight is 252 g/mol. The SMILES string of the molecule is CCCn1ccnc1CNCc1csc(=O)[nH]1. The Bertz CT molecular complexity index is 513. The summed E-state index contributed by atoms with van der Waals surface area (Å²) >= 11 is 1.19. The summed E-state index contributed by atoms with van der Waals surface area (Å²) in [5, 5.41) is 5.11. The van der Waals surface area contributed by atoms with Crippen LogP contribution in [0.2, 0.25) is 0 Å². The normalized spacial score (nSPS) is 10.9. The van der Waals surface area contributed by atoms with E-state index in [-0.39, 0.29) is 4.87 Å². The van der Waals surface area contributed by atoms with Gasteiger partial charge in [0.2, 0.25) is 0 Å². The summed E-state index contributed by atoms with van der Waals surface area (Å²) in [6.07, 6.45) is 4.91. The zero-order valence-corrected chi connectivity index (χ0v) is 10.6. The van der Waals surface area contributed by atoms with Gasteiger partial charge in [-0.25, -0.2) is 4.98 Å². The molecular formula is C11H16N4OS. The van der Waals surface area contributed by atoms with Crippen LogP contribution in [0.3, 0.4) is 0 Å². The molecular weight excluding hydrogens is 236 g/mol. The van der Waals surface area contributed by atoms with Crippen molar-refractivity contribution in [2.24, 2.45) is 0 Å². The Hall–Kier alpha value is -1.40. The lowest BCUT2D eigenvalue weighted by atomic mass is 10.4. The number of nitrogens with zero attached hydrogens (tertiary/aromatic N) is 2. The molecule has 0 amide bonds. The van der Waals surface area contributed by atoms with Crippen molar-refractivity contribution in [2.45, 2.75) is 33.0 Å². The third-order valence-electron chi connectivity index (χ3n) is 2.44. The van der Waals surface area contributed by atoms with Crippen LogP contribution in [0.1, 0.15) is 24.9 Å². The molecule has 0 aliphatic rings. The summed E-state index contributed by atoms with van der Waals surface area (Å²) in [6, 6.07) is 0. The van der Waals surface area contributed by atoms with Gasteiger partial charge in [0, 0.05) is 36.6 Å². The van der Waals surface area contributed by atoms with E-state index in [9.17, 15) is 4.79 Å². The molecule has 0 fully saturated rings. The van der Waals surface area contributed by atoms with E-state index in [0.29, 0.717) is 13.1 Å². The maximum Gasteiger partial charge on any atom is 0.304 e. The maximum atomic E-state index is 10.9. The number of hydrogen-bond donors (Lipinski definition) is 2. The molecule has 6 heteroatoms. The monoisotopic (exact) mass is 252 g/mol. The maximum absolute atomic E-state index is 10.9. The van der Waals surface area contributed by atoms with Gasteiger partial charge in [0.25, 0.3) is 0 Å². The molecule has 0 bridgehead atoms.